The van der Waals surface area contributed by atoms with E-state index in [-0.39, 0.29) is 5.56 Å². The van der Waals surface area contributed by atoms with Crippen LogP contribution in [0.4, 0.5) is 0 Å². The van der Waals surface area contributed by atoms with Gasteiger partial charge in [-0.15, -0.1) is 0 Å². The number of nitrogens with zero attached hydrogens (tertiary/aromatic N) is 2. The predicted molar refractivity (Wildman–Crippen MR) is 94.8 cm³/mol. The molecule has 4 heteroatoms. The lowest BCUT2D eigenvalue weighted by atomic mass is 10.1. The average molecular weight is 311 g/mol. The minimum atomic E-state index is -0.0106. The van der Waals surface area contributed by atoms with Crippen molar-refractivity contribution in [2.24, 2.45) is 4.99 Å². The van der Waals surface area contributed by atoms with Crippen LogP contribution in [-0.2, 0) is 0 Å². The molecule has 2 aromatic rings. The first-order valence-electron chi connectivity index (χ1n) is 8.58. The predicted octanol–water partition coefficient (Wildman–Crippen LogP) is 4.01. The second-order valence-corrected chi connectivity index (χ2v) is 6.45. The smallest absolute Gasteiger partial charge is 0.280 e. The van der Waals surface area contributed by atoms with Crippen LogP contribution in [0.5, 0.6) is 0 Å². The highest BCUT2D eigenvalue weighted by Gasteiger charge is 2.17. The van der Waals surface area contributed by atoms with Gasteiger partial charge in [0.05, 0.1) is 17.3 Å². The van der Waals surface area contributed by atoms with Crippen LogP contribution in [0.25, 0.3) is 5.69 Å². The van der Waals surface area contributed by atoms with Gasteiger partial charge in [0.25, 0.3) is 5.56 Å². The first kappa shape index (κ1) is 15.8. The zero-order valence-electron chi connectivity index (χ0n) is 14.0. The summed E-state index contributed by atoms with van der Waals surface area (Å²) in [4.78, 5) is 17.7. The third-order valence-electron chi connectivity index (χ3n) is 4.65. The number of aromatic amines is 1. The van der Waals surface area contributed by atoms with Crippen molar-refractivity contribution in [1.82, 2.24) is 9.78 Å². The first-order chi connectivity index (χ1) is 11.2. The molecule has 1 aliphatic carbocycles. The Morgan fingerprint density at radius 3 is 2.43 bits per heavy atom. The molecule has 0 spiro atoms. The van der Waals surface area contributed by atoms with E-state index in [0.717, 1.165) is 35.5 Å². The zero-order chi connectivity index (χ0) is 16.2. The molecule has 0 bridgehead atoms. The molecule has 1 aromatic carbocycles. The summed E-state index contributed by atoms with van der Waals surface area (Å²) >= 11 is 0. The van der Waals surface area contributed by atoms with E-state index in [1.54, 1.807) is 4.68 Å². The summed E-state index contributed by atoms with van der Waals surface area (Å²) in [5.41, 5.74) is 3.31. The van der Waals surface area contributed by atoms with E-state index in [0.29, 0.717) is 6.04 Å². The lowest BCUT2D eigenvalue weighted by Crippen LogP contribution is -2.20. The molecule has 1 aliphatic rings. The zero-order valence-corrected chi connectivity index (χ0v) is 14.0. The third kappa shape index (κ3) is 3.46. The molecule has 0 aliphatic heterocycles. The number of para-hydroxylation sites is 1. The Kier molecular flexibility index (Phi) is 4.79. The number of benzene rings is 1. The lowest BCUT2D eigenvalue weighted by molar-refractivity contribution is 0.586. The van der Waals surface area contributed by atoms with Crippen LogP contribution in [0.2, 0.25) is 0 Å². The van der Waals surface area contributed by atoms with E-state index >= 15 is 0 Å². The summed E-state index contributed by atoms with van der Waals surface area (Å²) in [6, 6.07) is 10.0. The molecule has 3 rings (SSSR count). The van der Waals surface area contributed by atoms with Crippen LogP contribution in [-0.4, -0.2) is 21.5 Å². The number of aromatic nitrogens is 2. The molecule has 0 atom stereocenters. The summed E-state index contributed by atoms with van der Waals surface area (Å²) in [6.45, 7) is 3.92. The van der Waals surface area contributed by atoms with Gasteiger partial charge in [0, 0.05) is 11.4 Å². The molecule has 1 fully saturated rings. The fraction of sp³-hybridized carbons (Fsp3) is 0.474. The highest BCUT2D eigenvalue weighted by molar-refractivity contribution is 5.99. The maximum Gasteiger partial charge on any atom is 0.280 e. The second kappa shape index (κ2) is 6.99. The number of aryl methyl sites for hydroxylation is 1. The van der Waals surface area contributed by atoms with E-state index in [1.165, 1.54) is 25.7 Å². The van der Waals surface area contributed by atoms with Crippen molar-refractivity contribution in [2.45, 2.75) is 58.4 Å². The summed E-state index contributed by atoms with van der Waals surface area (Å²) in [5.74, 6) is 0. The molecule has 4 nitrogen and oxygen atoms in total. The van der Waals surface area contributed by atoms with Crippen LogP contribution in [0.3, 0.4) is 0 Å². The Morgan fingerprint density at radius 2 is 1.78 bits per heavy atom. The van der Waals surface area contributed by atoms with Crippen molar-refractivity contribution in [3.63, 3.8) is 0 Å². The standard InChI is InChI=1S/C19H25N3O/c1-14(20-16-10-6-3-4-7-11-16)18-15(2)21-22(19(18)23)17-12-8-5-9-13-17/h5,8-9,12-13,16,21H,3-4,6-7,10-11H2,1-2H3. The van der Waals surface area contributed by atoms with E-state index in [9.17, 15) is 4.79 Å². The monoisotopic (exact) mass is 311 g/mol. The summed E-state index contributed by atoms with van der Waals surface area (Å²) in [7, 11) is 0. The Labute approximate surface area is 137 Å². The van der Waals surface area contributed by atoms with Crippen molar-refractivity contribution in [1.29, 1.82) is 0 Å². The van der Waals surface area contributed by atoms with Gasteiger partial charge >= 0.3 is 0 Å². The minimum Gasteiger partial charge on any atom is -0.295 e. The van der Waals surface area contributed by atoms with Gasteiger partial charge in [-0.2, -0.15) is 0 Å². The van der Waals surface area contributed by atoms with Crippen LogP contribution < -0.4 is 5.56 Å². The van der Waals surface area contributed by atoms with Gasteiger partial charge in [0.15, 0.2) is 0 Å². The Hall–Kier alpha value is -2.10. The fourth-order valence-corrected chi connectivity index (χ4v) is 3.46. The van der Waals surface area contributed by atoms with Crippen LogP contribution in [0.15, 0.2) is 40.1 Å². The quantitative estimate of drug-likeness (QED) is 0.676. The van der Waals surface area contributed by atoms with E-state index in [4.69, 9.17) is 4.99 Å². The summed E-state index contributed by atoms with van der Waals surface area (Å²) < 4.78 is 1.61. The normalized spacial score (nSPS) is 17.2. The Morgan fingerprint density at radius 1 is 1.13 bits per heavy atom. The summed E-state index contributed by atoms with van der Waals surface area (Å²) in [5, 5.41) is 3.18. The number of aliphatic imine (C=N–C) groups is 1. The highest BCUT2D eigenvalue weighted by atomic mass is 16.1. The average Bonchev–Trinajstić information content (AvgIpc) is 2.72. The maximum atomic E-state index is 12.8. The molecule has 23 heavy (non-hydrogen) atoms. The Bertz CT molecular complexity index is 732. The molecule has 1 heterocycles. The maximum absolute atomic E-state index is 12.8. The number of H-pyrrole nitrogens is 1. The fourth-order valence-electron chi connectivity index (χ4n) is 3.46. The number of rotatable bonds is 3. The molecule has 0 radical (unpaired) electrons. The highest BCUT2D eigenvalue weighted by Crippen LogP contribution is 2.20. The van der Waals surface area contributed by atoms with Gasteiger partial charge in [0.2, 0.25) is 0 Å². The minimum absolute atomic E-state index is 0.0106. The van der Waals surface area contributed by atoms with E-state index in [1.807, 2.05) is 44.2 Å². The first-order valence-corrected chi connectivity index (χ1v) is 8.58. The van der Waals surface area contributed by atoms with Crippen molar-refractivity contribution < 1.29 is 0 Å². The van der Waals surface area contributed by atoms with Crippen LogP contribution in [0, 0.1) is 6.92 Å². The van der Waals surface area contributed by atoms with E-state index < -0.39 is 0 Å². The number of hydrogen-bond acceptors (Lipinski definition) is 2. The molecule has 0 saturated heterocycles. The topological polar surface area (TPSA) is 50.1 Å². The van der Waals surface area contributed by atoms with Gasteiger partial charge in [-0.3, -0.25) is 14.9 Å². The molecule has 0 amide bonds. The molecule has 1 N–H and O–H groups in total. The van der Waals surface area contributed by atoms with Crippen LogP contribution >= 0.6 is 0 Å². The molecule has 1 aromatic heterocycles. The molecular formula is C19H25N3O. The number of nitrogens with one attached hydrogen (secondary N) is 1. The van der Waals surface area contributed by atoms with Gasteiger partial charge in [-0.25, -0.2) is 4.68 Å². The third-order valence-corrected chi connectivity index (χ3v) is 4.65. The molecular weight excluding hydrogens is 286 g/mol. The van der Waals surface area contributed by atoms with Crippen molar-refractivity contribution in [2.75, 3.05) is 0 Å². The molecule has 1 saturated carbocycles. The van der Waals surface area contributed by atoms with Gasteiger partial charge in [0.1, 0.15) is 0 Å². The molecule has 0 unspecified atom stereocenters. The van der Waals surface area contributed by atoms with Crippen LogP contribution in [0.1, 0.15) is 56.7 Å². The SMILES string of the molecule is CC(=NC1CCCCCC1)c1c(C)[nH]n(-c2ccccc2)c1=O. The van der Waals surface area contributed by atoms with Gasteiger partial charge in [-0.05, 0) is 38.8 Å². The van der Waals surface area contributed by atoms with Gasteiger partial charge in [-0.1, -0.05) is 43.9 Å². The van der Waals surface area contributed by atoms with Crippen molar-refractivity contribution in [3.05, 3.63) is 51.9 Å². The van der Waals surface area contributed by atoms with Gasteiger partial charge < -0.3 is 0 Å². The van der Waals surface area contributed by atoms with Crippen molar-refractivity contribution in [3.8, 4) is 5.69 Å². The van der Waals surface area contributed by atoms with E-state index in [2.05, 4.69) is 5.10 Å². The largest absolute Gasteiger partial charge is 0.295 e. The molecule has 122 valence electrons. The number of hydrogen-bond donors (Lipinski definition) is 1. The van der Waals surface area contributed by atoms with Crippen molar-refractivity contribution >= 4 is 5.71 Å². The Balaban J connectivity index is 1.93. The second-order valence-electron chi connectivity index (χ2n) is 6.45. The summed E-state index contributed by atoms with van der Waals surface area (Å²) in [6.07, 6.45) is 7.43. The lowest BCUT2D eigenvalue weighted by Gasteiger charge is -2.09.